The SMILES string of the molecule is CC1(C)C(=O)C2(Br)CCC1C2. The first-order valence-corrected chi connectivity index (χ1v) is 5.00. The molecule has 2 unspecified atom stereocenters. The molecule has 11 heavy (non-hydrogen) atoms. The van der Waals surface area contributed by atoms with Crippen LogP contribution < -0.4 is 0 Å². The van der Waals surface area contributed by atoms with Crippen LogP contribution in [0.3, 0.4) is 0 Å². The number of carbonyl (C=O) groups is 1. The van der Waals surface area contributed by atoms with Gasteiger partial charge in [0.25, 0.3) is 0 Å². The summed E-state index contributed by atoms with van der Waals surface area (Å²) in [4.78, 5) is 11.8. The van der Waals surface area contributed by atoms with Crippen LogP contribution in [-0.2, 0) is 4.79 Å². The third-order valence-corrected chi connectivity index (χ3v) is 4.55. The van der Waals surface area contributed by atoms with Gasteiger partial charge in [-0.15, -0.1) is 0 Å². The molecule has 0 aromatic carbocycles. The van der Waals surface area contributed by atoms with Crippen molar-refractivity contribution in [3.05, 3.63) is 0 Å². The van der Waals surface area contributed by atoms with E-state index in [9.17, 15) is 4.79 Å². The molecule has 0 N–H and O–H groups in total. The minimum Gasteiger partial charge on any atom is -0.298 e. The Morgan fingerprint density at radius 2 is 2.18 bits per heavy atom. The largest absolute Gasteiger partial charge is 0.298 e. The molecular weight excluding hydrogens is 204 g/mol. The van der Waals surface area contributed by atoms with E-state index < -0.39 is 0 Å². The lowest BCUT2D eigenvalue weighted by Gasteiger charge is -2.30. The molecule has 0 saturated heterocycles. The maximum absolute atomic E-state index is 11.8. The quantitative estimate of drug-likeness (QED) is 0.570. The maximum atomic E-state index is 11.8. The Hall–Kier alpha value is 0.150. The highest BCUT2D eigenvalue weighted by Gasteiger charge is 2.60. The van der Waals surface area contributed by atoms with Crippen LogP contribution in [0.2, 0.25) is 0 Å². The minimum atomic E-state index is -0.124. The fourth-order valence-corrected chi connectivity index (χ4v) is 3.71. The number of hydrogen-bond acceptors (Lipinski definition) is 1. The van der Waals surface area contributed by atoms with Crippen LogP contribution in [0.4, 0.5) is 0 Å². The van der Waals surface area contributed by atoms with Crippen LogP contribution >= 0.6 is 15.9 Å². The molecule has 2 saturated carbocycles. The number of rotatable bonds is 0. The van der Waals surface area contributed by atoms with Crippen molar-refractivity contribution in [3.63, 3.8) is 0 Å². The molecule has 2 fully saturated rings. The standard InChI is InChI=1S/C9H13BrO/c1-8(2)6-3-4-9(10,5-6)7(8)11/h6H,3-5H2,1-2H3. The van der Waals surface area contributed by atoms with Gasteiger partial charge < -0.3 is 0 Å². The molecular formula is C9H13BrO. The molecule has 0 aromatic rings. The minimum absolute atomic E-state index is 0.0538. The average Bonchev–Trinajstić information content (AvgIpc) is 2.36. The lowest BCUT2D eigenvalue weighted by Crippen LogP contribution is -2.37. The molecule has 0 spiro atoms. The monoisotopic (exact) mass is 216 g/mol. The second-order valence-electron chi connectivity index (χ2n) is 4.46. The summed E-state index contributed by atoms with van der Waals surface area (Å²) in [6.45, 7) is 4.17. The van der Waals surface area contributed by atoms with E-state index in [4.69, 9.17) is 0 Å². The Balaban J connectivity index is 2.42. The highest BCUT2D eigenvalue weighted by Crippen LogP contribution is 2.58. The summed E-state index contributed by atoms with van der Waals surface area (Å²) in [5.41, 5.74) is -0.0538. The highest BCUT2D eigenvalue weighted by molar-refractivity contribution is 9.10. The lowest BCUT2D eigenvalue weighted by atomic mass is 9.76. The summed E-state index contributed by atoms with van der Waals surface area (Å²) in [7, 11) is 0. The van der Waals surface area contributed by atoms with Crippen LogP contribution in [0.1, 0.15) is 33.1 Å². The molecule has 0 aliphatic heterocycles. The average molecular weight is 217 g/mol. The molecule has 62 valence electrons. The van der Waals surface area contributed by atoms with Crippen molar-refractivity contribution in [2.45, 2.75) is 37.4 Å². The second kappa shape index (κ2) is 1.90. The number of fused-ring (bicyclic) bond motifs is 2. The van der Waals surface area contributed by atoms with Crippen molar-refractivity contribution in [3.8, 4) is 0 Å². The first-order valence-electron chi connectivity index (χ1n) is 4.21. The zero-order chi connectivity index (χ0) is 8.28. The van der Waals surface area contributed by atoms with Crippen molar-refractivity contribution in [1.29, 1.82) is 0 Å². The molecule has 0 radical (unpaired) electrons. The van der Waals surface area contributed by atoms with Gasteiger partial charge in [-0.1, -0.05) is 29.8 Å². The summed E-state index contributed by atoms with van der Waals surface area (Å²) in [5, 5.41) is 0. The number of Topliss-reactive ketones (excluding diaryl/α,β-unsaturated/α-hetero) is 1. The Morgan fingerprint density at radius 3 is 2.45 bits per heavy atom. The molecule has 2 heteroatoms. The molecule has 0 aromatic heterocycles. The van der Waals surface area contributed by atoms with Crippen molar-refractivity contribution < 1.29 is 4.79 Å². The van der Waals surface area contributed by atoms with Gasteiger partial charge in [0.1, 0.15) is 0 Å². The van der Waals surface area contributed by atoms with Crippen LogP contribution in [0, 0.1) is 11.3 Å². The number of hydrogen-bond donors (Lipinski definition) is 0. The molecule has 2 aliphatic rings. The summed E-state index contributed by atoms with van der Waals surface area (Å²) in [6.07, 6.45) is 3.35. The summed E-state index contributed by atoms with van der Waals surface area (Å²) in [6, 6.07) is 0. The Morgan fingerprint density at radius 1 is 1.55 bits per heavy atom. The van der Waals surface area contributed by atoms with Gasteiger partial charge in [-0.2, -0.15) is 0 Å². The Kier molecular flexibility index (Phi) is 1.34. The van der Waals surface area contributed by atoms with E-state index in [0.717, 1.165) is 12.8 Å². The fourth-order valence-electron chi connectivity index (χ4n) is 2.58. The summed E-state index contributed by atoms with van der Waals surface area (Å²) in [5.74, 6) is 1.07. The smallest absolute Gasteiger partial charge is 0.155 e. The maximum Gasteiger partial charge on any atom is 0.155 e. The normalized spacial score (nSPS) is 46.8. The van der Waals surface area contributed by atoms with Gasteiger partial charge >= 0.3 is 0 Å². The van der Waals surface area contributed by atoms with Crippen molar-refractivity contribution in [1.82, 2.24) is 0 Å². The molecule has 2 bridgehead atoms. The first-order chi connectivity index (χ1) is 4.97. The van der Waals surface area contributed by atoms with Gasteiger partial charge in [0.05, 0.1) is 4.32 Å². The molecule has 0 amide bonds. The van der Waals surface area contributed by atoms with Gasteiger partial charge in [-0.05, 0) is 25.2 Å². The van der Waals surface area contributed by atoms with Crippen LogP contribution in [0.15, 0.2) is 0 Å². The fraction of sp³-hybridized carbons (Fsp3) is 0.889. The molecule has 1 nitrogen and oxygen atoms in total. The molecule has 0 heterocycles. The van der Waals surface area contributed by atoms with Gasteiger partial charge in [0.2, 0.25) is 0 Å². The van der Waals surface area contributed by atoms with Crippen molar-refractivity contribution >= 4 is 21.7 Å². The molecule has 2 atom stereocenters. The van der Waals surface area contributed by atoms with E-state index in [1.165, 1.54) is 6.42 Å². The number of alkyl halides is 1. The van der Waals surface area contributed by atoms with Gasteiger partial charge in [0, 0.05) is 5.41 Å². The topological polar surface area (TPSA) is 17.1 Å². The Bertz CT molecular complexity index is 215. The zero-order valence-corrected chi connectivity index (χ0v) is 8.57. The molecule has 2 rings (SSSR count). The highest BCUT2D eigenvalue weighted by atomic mass is 79.9. The van der Waals surface area contributed by atoms with Gasteiger partial charge in [0.15, 0.2) is 5.78 Å². The van der Waals surface area contributed by atoms with Crippen LogP contribution in [-0.4, -0.2) is 10.1 Å². The molecule has 2 aliphatic carbocycles. The zero-order valence-electron chi connectivity index (χ0n) is 6.98. The number of carbonyl (C=O) groups excluding carboxylic acids is 1. The lowest BCUT2D eigenvalue weighted by molar-refractivity contribution is -0.128. The third kappa shape index (κ3) is 0.793. The van der Waals surface area contributed by atoms with E-state index >= 15 is 0 Å². The first kappa shape index (κ1) is 7.78. The van der Waals surface area contributed by atoms with E-state index in [1.54, 1.807) is 0 Å². The van der Waals surface area contributed by atoms with Crippen LogP contribution in [0.5, 0.6) is 0 Å². The Labute approximate surface area is 75.7 Å². The predicted molar refractivity (Wildman–Crippen MR) is 47.8 cm³/mol. The summed E-state index contributed by atoms with van der Waals surface area (Å²) < 4.78 is -0.124. The van der Waals surface area contributed by atoms with E-state index in [2.05, 4.69) is 29.8 Å². The van der Waals surface area contributed by atoms with Crippen molar-refractivity contribution in [2.24, 2.45) is 11.3 Å². The third-order valence-electron chi connectivity index (χ3n) is 3.47. The second-order valence-corrected chi connectivity index (χ2v) is 5.97. The van der Waals surface area contributed by atoms with Gasteiger partial charge in [-0.3, -0.25) is 4.79 Å². The van der Waals surface area contributed by atoms with E-state index in [-0.39, 0.29) is 9.74 Å². The van der Waals surface area contributed by atoms with E-state index in [0.29, 0.717) is 11.7 Å². The van der Waals surface area contributed by atoms with Crippen LogP contribution in [0.25, 0.3) is 0 Å². The predicted octanol–water partition coefficient (Wildman–Crippen LogP) is 2.53. The van der Waals surface area contributed by atoms with E-state index in [1.807, 2.05) is 0 Å². The van der Waals surface area contributed by atoms with Gasteiger partial charge in [-0.25, -0.2) is 0 Å². The summed E-state index contributed by atoms with van der Waals surface area (Å²) >= 11 is 3.58. The van der Waals surface area contributed by atoms with Crippen molar-refractivity contribution in [2.75, 3.05) is 0 Å². The number of ketones is 1. The number of halogens is 1.